The summed E-state index contributed by atoms with van der Waals surface area (Å²) in [5.41, 5.74) is 6.89. The second-order valence-electron chi connectivity index (χ2n) is 6.19. The first-order valence-corrected chi connectivity index (χ1v) is 8.42. The van der Waals surface area contributed by atoms with Gasteiger partial charge in [-0.25, -0.2) is 4.98 Å². The third kappa shape index (κ3) is 3.25. The van der Waals surface area contributed by atoms with Gasteiger partial charge in [0.25, 0.3) is 11.7 Å². The van der Waals surface area contributed by atoms with Crippen LogP contribution in [0.5, 0.6) is 0 Å². The fraction of sp³-hybridized carbons (Fsp3) is 0.412. The highest BCUT2D eigenvalue weighted by Gasteiger charge is 2.30. The number of carbonyl (C=O) groups is 1. The number of hydrogen-bond donors (Lipinski definition) is 1. The fourth-order valence-electron chi connectivity index (χ4n) is 3.30. The highest BCUT2D eigenvalue weighted by atomic mass is 16.5. The summed E-state index contributed by atoms with van der Waals surface area (Å²) in [6, 6.07) is 7.81. The van der Waals surface area contributed by atoms with Crippen LogP contribution in [0.25, 0.3) is 11.1 Å². The van der Waals surface area contributed by atoms with E-state index in [0.717, 1.165) is 55.8 Å². The lowest BCUT2D eigenvalue weighted by Gasteiger charge is -2.20. The van der Waals surface area contributed by atoms with Crippen LogP contribution in [0.1, 0.15) is 47.7 Å². The Kier molecular flexibility index (Phi) is 4.19. The summed E-state index contributed by atoms with van der Waals surface area (Å²) < 4.78 is 11.0. The maximum Gasteiger partial charge on any atom is 0.290 e. The van der Waals surface area contributed by atoms with Crippen molar-refractivity contribution in [3.05, 3.63) is 41.9 Å². The van der Waals surface area contributed by atoms with Crippen molar-refractivity contribution in [3.63, 3.8) is 0 Å². The Morgan fingerprint density at radius 2 is 2.20 bits per heavy atom. The molecule has 0 radical (unpaired) electrons. The van der Waals surface area contributed by atoms with Gasteiger partial charge in [0.05, 0.1) is 6.04 Å². The molecule has 0 bridgehead atoms. The lowest BCUT2D eigenvalue weighted by molar-refractivity contribution is 0.0987. The smallest absolute Gasteiger partial charge is 0.290 e. The van der Waals surface area contributed by atoms with Gasteiger partial charge in [-0.1, -0.05) is 17.3 Å². The van der Waals surface area contributed by atoms with Crippen LogP contribution in [-0.4, -0.2) is 39.0 Å². The summed E-state index contributed by atoms with van der Waals surface area (Å²) in [5, 5.41) is 3.63. The molecule has 25 heavy (non-hydrogen) atoms. The van der Waals surface area contributed by atoms with E-state index in [1.807, 2.05) is 24.3 Å². The molecule has 1 saturated heterocycles. The molecule has 0 spiro atoms. The van der Waals surface area contributed by atoms with Crippen molar-refractivity contribution in [1.82, 2.24) is 20.0 Å². The number of aromatic nitrogens is 3. The van der Waals surface area contributed by atoms with Gasteiger partial charge in [0.1, 0.15) is 5.52 Å². The minimum absolute atomic E-state index is 0.0456. The first kappa shape index (κ1) is 15.8. The summed E-state index contributed by atoms with van der Waals surface area (Å²) >= 11 is 0. The largest absolute Gasteiger partial charge is 0.441 e. The molecule has 0 saturated carbocycles. The van der Waals surface area contributed by atoms with E-state index in [1.165, 1.54) is 0 Å². The first-order chi connectivity index (χ1) is 12.2. The molecule has 1 atom stereocenters. The zero-order valence-corrected chi connectivity index (χ0v) is 13.7. The van der Waals surface area contributed by atoms with Crippen LogP contribution >= 0.6 is 0 Å². The molecule has 4 rings (SSSR count). The number of benzene rings is 1. The molecule has 3 aromatic rings. The summed E-state index contributed by atoms with van der Waals surface area (Å²) in [6.45, 7) is 1.84. The van der Waals surface area contributed by atoms with Crippen molar-refractivity contribution in [3.8, 4) is 0 Å². The van der Waals surface area contributed by atoms with Crippen LogP contribution in [0.2, 0.25) is 0 Å². The molecule has 1 aliphatic heterocycles. The number of nitrogens with zero attached hydrogens (tertiary/aromatic N) is 4. The van der Waals surface area contributed by atoms with Crippen molar-refractivity contribution in [1.29, 1.82) is 0 Å². The molecule has 1 fully saturated rings. The maximum atomic E-state index is 11.1. The van der Waals surface area contributed by atoms with Gasteiger partial charge in [-0.15, -0.1) is 0 Å². The second kappa shape index (κ2) is 6.64. The highest BCUT2D eigenvalue weighted by molar-refractivity contribution is 5.88. The lowest BCUT2D eigenvalue weighted by atomic mass is 10.2. The van der Waals surface area contributed by atoms with E-state index >= 15 is 0 Å². The SMILES string of the molecule is NC(=O)c1noc(C2CCCN2CCCc2nc3ccccc3o2)n1. The summed E-state index contributed by atoms with van der Waals surface area (Å²) in [7, 11) is 0. The van der Waals surface area contributed by atoms with Crippen molar-refractivity contribution in [2.45, 2.75) is 31.7 Å². The average molecular weight is 341 g/mol. The Hall–Kier alpha value is -2.74. The molecule has 130 valence electrons. The Morgan fingerprint density at radius 1 is 1.32 bits per heavy atom. The molecule has 8 nitrogen and oxygen atoms in total. The van der Waals surface area contributed by atoms with E-state index in [-0.39, 0.29) is 11.9 Å². The molecule has 1 aromatic carbocycles. The molecule has 8 heteroatoms. The lowest BCUT2D eigenvalue weighted by Crippen LogP contribution is -2.25. The molecular weight excluding hydrogens is 322 g/mol. The number of nitrogens with two attached hydrogens (primary N) is 1. The predicted molar refractivity (Wildman–Crippen MR) is 88.7 cm³/mol. The number of hydrogen-bond acceptors (Lipinski definition) is 7. The Bertz CT molecular complexity index is 854. The fourth-order valence-corrected chi connectivity index (χ4v) is 3.30. The molecule has 0 aliphatic carbocycles. The topological polar surface area (TPSA) is 111 Å². The summed E-state index contributed by atoms with van der Waals surface area (Å²) in [4.78, 5) is 22.0. The molecule has 3 heterocycles. The molecule has 1 unspecified atom stereocenters. The number of amides is 1. The first-order valence-electron chi connectivity index (χ1n) is 8.42. The Labute approximate surface area is 144 Å². The molecule has 2 aromatic heterocycles. The number of rotatable bonds is 6. The van der Waals surface area contributed by atoms with E-state index in [9.17, 15) is 4.79 Å². The van der Waals surface area contributed by atoms with Crippen molar-refractivity contribution >= 4 is 17.0 Å². The van der Waals surface area contributed by atoms with Crippen LogP contribution < -0.4 is 5.73 Å². The van der Waals surface area contributed by atoms with Gasteiger partial charge in [0, 0.05) is 6.42 Å². The number of para-hydroxylation sites is 2. The number of aryl methyl sites for hydroxylation is 1. The van der Waals surface area contributed by atoms with Gasteiger partial charge in [-0.3, -0.25) is 9.69 Å². The van der Waals surface area contributed by atoms with Gasteiger partial charge in [0.2, 0.25) is 5.89 Å². The number of carbonyl (C=O) groups excluding carboxylic acids is 1. The van der Waals surface area contributed by atoms with E-state index in [1.54, 1.807) is 0 Å². The molecule has 1 amide bonds. The Balaban J connectivity index is 1.37. The third-order valence-electron chi connectivity index (χ3n) is 4.48. The van der Waals surface area contributed by atoms with Crippen molar-refractivity contribution in [2.24, 2.45) is 5.73 Å². The normalized spacial score (nSPS) is 18.2. The van der Waals surface area contributed by atoms with Gasteiger partial charge >= 0.3 is 0 Å². The highest BCUT2D eigenvalue weighted by Crippen LogP contribution is 2.31. The minimum atomic E-state index is -0.671. The maximum absolute atomic E-state index is 11.1. The summed E-state index contributed by atoms with van der Waals surface area (Å²) in [5.74, 6) is 0.489. The standard InChI is InChI=1S/C17H19N5O3/c18-15(23)16-20-17(25-21-16)12-6-3-9-22(12)10-4-8-14-19-11-5-1-2-7-13(11)24-14/h1-2,5,7,12H,3-4,6,8-10H2,(H2,18,23). The van der Waals surface area contributed by atoms with Crippen LogP contribution in [-0.2, 0) is 6.42 Å². The number of oxazole rings is 1. The van der Waals surface area contributed by atoms with Crippen LogP contribution in [0.4, 0.5) is 0 Å². The zero-order chi connectivity index (χ0) is 17.2. The second-order valence-corrected chi connectivity index (χ2v) is 6.19. The number of likely N-dealkylation sites (tertiary alicyclic amines) is 1. The van der Waals surface area contributed by atoms with E-state index in [2.05, 4.69) is 20.0 Å². The molecular formula is C17H19N5O3. The van der Waals surface area contributed by atoms with Gasteiger partial charge in [-0.2, -0.15) is 4.98 Å². The number of primary amides is 1. The monoisotopic (exact) mass is 341 g/mol. The molecule has 1 aliphatic rings. The van der Waals surface area contributed by atoms with E-state index in [0.29, 0.717) is 5.89 Å². The Morgan fingerprint density at radius 3 is 3.00 bits per heavy atom. The summed E-state index contributed by atoms with van der Waals surface area (Å²) in [6.07, 6.45) is 3.68. The van der Waals surface area contributed by atoms with Crippen LogP contribution in [0, 0.1) is 0 Å². The van der Waals surface area contributed by atoms with Crippen LogP contribution in [0.3, 0.4) is 0 Å². The van der Waals surface area contributed by atoms with Gasteiger partial charge < -0.3 is 14.7 Å². The predicted octanol–water partition coefficient (Wildman–Crippen LogP) is 2.08. The van der Waals surface area contributed by atoms with Crippen molar-refractivity contribution < 1.29 is 13.7 Å². The molecule has 2 N–H and O–H groups in total. The van der Waals surface area contributed by atoms with Crippen molar-refractivity contribution in [2.75, 3.05) is 13.1 Å². The quantitative estimate of drug-likeness (QED) is 0.730. The zero-order valence-electron chi connectivity index (χ0n) is 13.7. The van der Waals surface area contributed by atoms with Crippen LogP contribution in [0.15, 0.2) is 33.2 Å². The minimum Gasteiger partial charge on any atom is -0.441 e. The number of fused-ring (bicyclic) bond motifs is 1. The van der Waals surface area contributed by atoms with Gasteiger partial charge in [-0.05, 0) is 44.5 Å². The van der Waals surface area contributed by atoms with Gasteiger partial charge in [0.15, 0.2) is 11.5 Å². The van der Waals surface area contributed by atoms with E-state index < -0.39 is 5.91 Å². The third-order valence-corrected chi connectivity index (χ3v) is 4.48. The average Bonchev–Trinajstić information content (AvgIpc) is 3.33. The van der Waals surface area contributed by atoms with E-state index in [4.69, 9.17) is 14.7 Å².